The molecule has 0 heterocycles. The van der Waals surface area contributed by atoms with Crippen LogP contribution in [0, 0.1) is 0 Å². The maximum atomic E-state index is 12.0. The highest BCUT2D eigenvalue weighted by Gasteiger charge is 2.18. The number of benzene rings is 2. The summed E-state index contributed by atoms with van der Waals surface area (Å²) in [6, 6.07) is 16.4. The number of esters is 1. The highest BCUT2D eigenvalue weighted by atomic mass is 16.6. The summed E-state index contributed by atoms with van der Waals surface area (Å²) in [5.41, 5.74) is 3.51. The number of rotatable bonds is 13. The van der Waals surface area contributed by atoms with Crippen molar-refractivity contribution < 1.29 is 24.2 Å². The van der Waals surface area contributed by atoms with Crippen molar-refractivity contribution in [1.82, 2.24) is 4.90 Å². The normalized spacial score (nSPS) is 11.8. The Bertz CT molecular complexity index is 865. The molecule has 0 aliphatic carbocycles. The van der Waals surface area contributed by atoms with Gasteiger partial charge in [0.15, 0.2) is 0 Å². The van der Waals surface area contributed by atoms with Crippen LogP contribution in [0.25, 0.3) is 0 Å². The summed E-state index contributed by atoms with van der Waals surface area (Å²) >= 11 is 0. The largest absolute Gasteiger partial charge is 0.489 e. The van der Waals surface area contributed by atoms with Crippen LogP contribution < -0.4 is 9.64 Å². The summed E-state index contributed by atoms with van der Waals surface area (Å²) in [5.74, 6) is -0.785. The summed E-state index contributed by atoms with van der Waals surface area (Å²) in [5, 5.41) is 8.75. The van der Waals surface area contributed by atoms with Crippen LogP contribution in [0.1, 0.15) is 24.0 Å². The van der Waals surface area contributed by atoms with Gasteiger partial charge in [-0.2, -0.15) is 0 Å². The number of hydrogen-bond donors (Lipinski definition) is 1. The first kappa shape index (κ1) is 25.2. The minimum Gasteiger partial charge on any atom is -0.489 e. The Morgan fingerprint density at radius 1 is 0.938 bits per heavy atom. The minimum atomic E-state index is -1.02. The van der Waals surface area contributed by atoms with Crippen molar-refractivity contribution >= 4 is 17.6 Å². The first-order chi connectivity index (χ1) is 15.2. The van der Waals surface area contributed by atoms with Gasteiger partial charge >= 0.3 is 11.9 Å². The molecule has 2 aromatic carbocycles. The minimum absolute atomic E-state index is 0.150. The Labute approximate surface area is 190 Å². The zero-order valence-electron chi connectivity index (χ0n) is 19.4. The fourth-order valence-corrected chi connectivity index (χ4v) is 3.26. The molecule has 2 aromatic rings. The van der Waals surface area contributed by atoms with Gasteiger partial charge in [-0.3, -0.25) is 9.59 Å². The second-order valence-corrected chi connectivity index (χ2v) is 8.25. The third-order valence-electron chi connectivity index (χ3n) is 4.94. The lowest BCUT2D eigenvalue weighted by Crippen LogP contribution is -2.35. The maximum Gasteiger partial charge on any atom is 0.306 e. The molecular weight excluding hydrogens is 408 g/mol. The van der Waals surface area contributed by atoms with E-state index in [0.29, 0.717) is 6.54 Å². The average molecular weight is 443 g/mol. The van der Waals surface area contributed by atoms with Gasteiger partial charge in [0, 0.05) is 26.3 Å². The lowest BCUT2D eigenvalue weighted by Gasteiger charge is -2.22. The second kappa shape index (κ2) is 12.7. The van der Waals surface area contributed by atoms with Gasteiger partial charge < -0.3 is 24.4 Å². The van der Waals surface area contributed by atoms with Gasteiger partial charge in [0.05, 0.1) is 12.8 Å². The van der Waals surface area contributed by atoms with Crippen LogP contribution in [0.15, 0.2) is 48.5 Å². The summed E-state index contributed by atoms with van der Waals surface area (Å²) in [4.78, 5) is 26.6. The number of likely N-dealkylation sites (N-methyl/N-ethyl adjacent to an activating group) is 1. The predicted octanol–water partition coefficient (Wildman–Crippen LogP) is 3.25. The molecule has 1 unspecified atom stereocenters. The molecule has 1 N–H and O–H groups in total. The van der Waals surface area contributed by atoms with Crippen LogP contribution in [0.5, 0.6) is 5.75 Å². The van der Waals surface area contributed by atoms with E-state index in [4.69, 9.17) is 14.6 Å². The molecule has 2 rings (SSSR count). The monoisotopic (exact) mass is 442 g/mol. The van der Waals surface area contributed by atoms with Gasteiger partial charge in [-0.25, -0.2) is 0 Å². The number of para-hydroxylation sites is 1. The maximum absolute atomic E-state index is 12.0. The number of carbonyl (C=O) groups is 2. The molecule has 0 fully saturated rings. The van der Waals surface area contributed by atoms with Crippen molar-refractivity contribution in [2.45, 2.75) is 31.8 Å². The molecule has 0 saturated heterocycles. The van der Waals surface area contributed by atoms with Gasteiger partial charge in [-0.05, 0) is 56.3 Å². The van der Waals surface area contributed by atoms with Gasteiger partial charge in [0.25, 0.3) is 0 Å². The van der Waals surface area contributed by atoms with E-state index in [9.17, 15) is 9.59 Å². The lowest BCUT2D eigenvalue weighted by atomic mass is 10.0. The summed E-state index contributed by atoms with van der Waals surface area (Å²) in [6.45, 7) is 0.685. The molecule has 0 amide bonds. The van der Waals surface area contributed by atoms with E-state index in [0.717, 1.165) is 24.2 Å². The SMILES string of the molecule is CN(C)CC(COc1ccccc1CCc1ccc(N(C)C)cc1)OC(=O)CCC(=O)O. The van der Waals surface area contributed by atoms with E-state index in [-0.39, 0.29) is 19.4 Å². The van der Waals surface area contributed by atoms with E-state index < -0.39 is 18.0 Å². The van der Waals surface area contributed by atoms with E-state index >= 15 is 0 Å². The van der Waals surface area contributed by atoms with Crippen LogP contribution in [0.3, 0.4) is 0 Å². The smallest absolute Gasteiger partial charge is 0.306 e. The number of carboxylic acid groups (broad SMARTS) is 1. The van der Waals surface area contributed by atoms with Crippen LogP contribution in [0.4, 0.5) is 5.69 Å². The Morgan fingerprint density at radius 3 is 2.25 bits per heavy atom. The average Bonchev–Trinajstić information content (AvgIpc) is 2.75. The molecule has 32 heavy (non-hydrogen) atoms. The summed E-state index contributed by atoms with van der Waals surface area (Å²) in [6.07, 6.45) is 0.834. The third kappa shape index (κ3) is 8.98. The Morgan fingerprint density at radius 2 is 1.62 bits per heavy atom. The highest BCUT2D eigenvalue weighted by molar-refractivity contribution is 5.76. The zero-order valence-corrected chi connectivity index (χ0v) is 19.4. The molecule has 0 radical (unpaired) electrons. The molecule has 0 aliphatic rings. The third-order valence-corrected chi connectivity index (χ3v) is 4.94. The zero-order chi connectivity index (χ0) is 23.5. The topological polar surface area (TPSA) is 79.3 Å². The van der Waals surface area contributed by atoms with E-state index in [1.165, 1.54) is 11.3 Å². The number of nitrogens with zero attached hydrogens (tertiary/aromatic N) is 2. The number of ether oxygens (including phenoxy) is 2. The number of aliphatic carboxylic acids is 1. The van der Waals surface area contributed by atoms with Gasteiger partial charge in [0.2, 0.25) is 0 Å². The number of aryl methyl sites for hydroxylation is 2. The fourth-order valence-electron chi connectivity index (χ4n) is 3.26. The van der Waals surface area contributed by atoms with Gasteiger partial charge in [-0.15, -0.1) is 0 Å². The number of carboxylic acids is 1. The van der Waals surface area contributed by atoms with Crippen LogP contribution in [-0.4, -0.2) is 69.4 Å². The molecule has 0 aliphatic heterocycles. The molecule has 0 saturated carbocycles. The van der Waals surface area contributed by atoms with Crippen molar-refractivity contribution in [3.8, 4) is 5.75 Å². The molecule has 7 heteroatoms. The molecule has 1 atom stereocenters. The second-order valence-electron chi connectivity index (χ2n) is 8.25. The Kier molecular flexibility index (Phi) is 10.0. The number of anilines is 1. The number of hydrogen-bond acceptors (Lipinski definition) is 6. The standard InChI is InChI=1S/C25H34N2O5/c1-26(2)17-22(32-25(30)16-15-24(28)29)18-31-23-8-6-5-7-20(23)12-9-19-10-13-21(14-11-19)27(3)4/h5-8,10-11,13-14,22H,9,12,15-18H2,1-4H3,(H,28,29). The van der Waals surface area contributed by atoms with Crippen LogP contribution in [-0.2, 0) is 27.2 Å². The van der Waals surface area contributed by atoms with Crippen molar-refractivity contribution in [2.24, 2.45) is 0 Å². The van der Waals surface area contributed by atoms with E-state index in [1.54, 1.807) is 0 Å². The van der Waals surface area contributed by atoms with E-state index in [2.05, 4.69) is 29.2 Å². The van der Waals surface area contributed by atoms with Crippen LogP contribution >= 0.6 is 0 Å². The predicted molar refractivity (Wildman–Crippen MR) is 125 cm³/mol. The molecule has 7 nitrogen and oxygen atoms in total. The first-order valence-electron chi connectivity index (χ1n) is 10.8. The summed E-state index contributed by atoms with van der Waals surface area (Å²) in [7, 11) is 7.81. The molecule has 0 bridgehead atoms. The summed E-state index contributed by atoms with van der Waals surface area (Å²) < 4.78 is 11.5. The highest BCUT2D eigenvalue weighted by Crippen LogP contribution is 2.21. The molecule has 0 spiro atoms. The Balaban J connectivity index is 1.97. The quantitative estimate of drug-likeness (QED) is 0.477. The van der Waals surface area contributed by atoms with Crippen molar-refractivity contribution in [3.05, 3.63) is 59.7 Å². The Hall–Kier alpha value is -3.06. The van der Waals surface area contributed by atoms with Crippen molar-refractivity contribution in [2.75, 3.05) is 46.2 Å². The fraction of sp³-hybridized carbons (Fsp3) is 0.440. The van der Waals surface area contributed by atoms with Crippen molar-refractivity contribution in [3.63, 3.8) is 0 Å². The van der Waals surface area contributed by atoms with Crippen LogP contribution in [0.2, 0.25) is 0 Å². The molecular formula is C25H34N2O5. The van der Waals surface area contributed by atoms with Crippen molar-refractivity contribution in [1.29, 1.82) is 0 Å². The van der Waals surface area contributed by atoms with E-state index in [1.807, 2.05) is 57.4 Å². The lowest BCUT2D eigenvalue weighted by molar-refractivity contribution is -0.153. The molecule has 174 valence electrons. The van der Waals surface area contributed by atoms with Gasteiger partial charge in [-0.1, -0.05) is 30.3 Å². The molecule has 0 aromatic heterocycles. The number of carbonyl (C=O) groups excluding carboxylic acids is 1. The van der Waals surface area contributed by atoms with Gasteiger partial charge in [0.1, 0.15) is 18.5 Å². The first-order valence-corrected chi connectivity index (χ1v) is 10.8.